The number of hydrogen-bond donors (Lipinski definition) is 4. The van der Waals surface area contributed by atoms with Crippen molar-refractivity contribution >= 4 is 23.5 Å². The van der Waals surface area contributed by atoms with Gasteiger partial charge in [-0.3, -0.25) is 5.43 Å². The number of phenols is 2. The van der Waals surface area contributed by atoms with Crippen LogP contribution in [0.4, 0.5) is 0 Å². The molecule has 0 aliphatic heterocycles. The number of nitrogens with two attached hydrogens (primary N) is 1. The van der Waals surface area contributed by atoms with Crippen LogP contribution in [0.5, 0.6) is 11.5 Å². The molecule has 5 nitrogen and oxygen atoms in total. The molecule has 0 radical (unpaired) electrons. The maximum atomic E-state index is 10.4. The first-order valence-corrected chi connectivity index (χ1v) is 7.45. The van der Waals surface area contributed by atoms with Gasteiger partial charge in [0.1, 0.15) is 0 Å². The maximum absolute atomic E-state index is 10.4. The van der Waals surface area contributed by atoms with Crippen LogP contribution in [0.3, 0.4) is 0 Å². The summed E-state index contributed by atoms with van der Waals surface area (Å²) in [4.78, 5) is 0. The third-order valence-electron chi connectivity index (χ3n) is 3.30. The first-order chi connectivity index (χ1) is 9.85. The topological polar surface area (TPSA) is 90.9 Å². The Morgan fingerprint density at radius 3 is 2.00 bits per heavy atom. The molecule has 0 bridgehead atoms. The van der Waals surface area contributed by atoms with E-state index < -0.39 is 0 Å². The highest BCUT2D eigenvalue weighted by Crippen LogP contribution is 2.43. The molecular formula is C16H25N3O2S. The van der Waals surface area contributed by atoms with Gasteiger partial charge in [0.2, 0.25) is 0 Å². The average Bonchev–Trinajstić information content (AvgIpc) is 2.30. The minimum atomic E-state index is -0.297. The predicted octanol–water partition coefficient (Wildman–Crippen LogP) is 2.86. The van der Waals surface area contributed by atoms with Gasteiger partial charge in [-0.2, -0.15) is 5.10 Å². The van der Waals surface area contributed by atoms with E-state index in [0.717, 1.165) is 5.56 Å². The molecule has 0 amide bonds. The Morgan fingerprint density at radius 2 is 1.59 bits per heavy atom. The number of phenolic OH excluding ortho intramolecular Hbond substituents is 2. The first-order valence-electron chi connectivity index (χ1n) is 7.04. The van der Waals surface area contributed by atoms with Crippen LogP contribution in [0, 0.1) is 0 Å². The van der Waals surface area contributed by atoms with Crippen molar-refractivity contribution in [2.24, 2.45) is 10.8 Å². The minimum Gasteiger partial charge on any atom is -0.504 e. The quantitative estimate of drug-likeness (QED) is 0.291. The van der Waals surface area contributed by atoms with Gasteiger partial charge in [0.25, 0.3) is 0 Å². The fraction of sp³-hybridized carbons (Fsp3) is 0.500. The third kappa shape index (κ3) is 4.10. The lowest BCUT2D eigenvalue weighted by molar-refractivity contribution is 0.386. The molecule has 0 unspecified atom stereocenters. The van der Waals surface area contributed by atoms with Gasteiger partial charge in [-0.25, -0.2) is 0 Å². The van der Waals surface area contributed by atoms with Gasteiger partial charge in [-0.1, -0.05) is 47.6 Å². The van der Waals surface area contributed by atoms with E-state index in [1.165, 1.54) is 6.21 Å². The Hall–Kier alpha value is -1.82. The lowest BCUT2D eigenvalue weighted by atomic mass is 9.77. The zero-order valence-electron chi connectivity index (χ0n) is 14.0. The maximum Gasteiger partial charge on any atom is 0.184 e. The van der Waals surface area contributed by atoms with E-state index in [0.29, 0.717) is 11.1 Å². The monoisotopic (exact) mass is 323 g/mol. The van der Waals surface area contributed by atoms with Crippen molar-refractivity contribution in [1.82, 2.24) is 5.43 Å². The normalized spacial score (nSPS) is 12.6. The van der Waals surface area contributed by atoms with Crippen molar-refractivity contribution in [2.45, 2.75) is 52.4 Å². The van der Waals surface area contributed by atoms with E-state index in [1.54, 1.807) is 0 Å². The van der Waals surface area contributed by atoms with E-state index in [-0.39, 0.29) is 27.4 Å². The van der Waals surface area contributed by atoms with Gasteiger partial charge < -0.3 is 15.9 Å². The van der Waals surface area contributed by atoms with Crippen molar-refractivity contribution in [3.8, 4) is 11.5 Å². The van der Waals surface area contributed by atoms with Crippen molar-refractivity contribution in [1.29, 1.82) is 0 Å². The van der Waals surface area contributed by atoms with Crippen molar-refractivity contribution in [3.63, 3.8) is 0 Å². The molecule has 1 aromatic rings. The van der Waals surface area contributed by atoms with Crippen LogP contribution in [0.15, 0.2) is 11.2 Å². The largest absolute Gasteiger partial charge is 0.504 e. The molecule has 1 aromatic carbocycles. The Labute approximate surface area is 137 Å². The molecule has 1 rings (SSSR count). The van der Waals surface area contributed by atoms with Gasteiger partial charge in [-0.05, 0) is 28.6 Å². The fourth-order valence-electron chi connectivity index (χ4n) is 2.16. The average molecular weight is 323 g/mol. The predicted molar refractivity (Wildman–Crippen MR) is 94.7 cm³/mol. The second kappa shape index (κ2) is 6.12. The van der Waals surface area contributed by atoms with Crippen LogP contribution in [-0.2, 0) is 10.8 Å². The molecule has 5 N–H and O–H groups in total. The number of hydrazone groups is 1. The van der Waals surface area contributed by atoms with Crippen LogP contribution < -0.4 is 11.2 Å². The van der Waals surface area contributed by atoms with E-state index in [4.69, 9.17) is 5.73 Å². The number of aromatic hydroxyl groups is 2. The van der Waals surface area contributed by atoms with Crippen molar-refractivity contribution < 1.29 is 10.2 Å². The molecule has 0 saturated carbocycles. The molecule has 0 atom stereocenters. The lowest BCUT2D eigenvalue weighted by Gasteiger charge is -2.28. The summed E-state index contributed by atoms with van der Waals surface area (Å²) in [6.45, 7) is 12.0. The molecule has 0 fully saturated rings. The molecular weight excluding hydrogens is 298 g/mol. The zero-order chi connectivity index (χ0) is 17.3. The van der Waals surface area contributed by atoms with Gasteiger partial charge in [0.15, 0.2) is 16.6 Å². The molecule has 0 spiro atoms. The number of nitrogens with one attached hydrogen (secondary N) is 1. The van der Waals surface area contributed by atoms with Gasteiger partial charge >= 0.3 is 0 Å². The van der Waals surface area contributed by atoms with Crippen LogP contribution in [0.25, 0.3) is 0 Å². The number of benzene rings is 1. The Kier molecular flexibility index (Phi) is 5.07. The summed E-state index contributed by atoms with van der Waals surface area (Å²) in [5.41, 5.74) is 9.25. The Bertz CT molecular complexity index is 611. The summed E-state index contributed by atoms with van der Waals surface area (Å²) in [6.07, 6.45) is 1.42. The summed E-state index contributed by atoms with van der Waals surface area (Å²) in [6, 6.07) is 1.91. The Morgan fingerprint density at radius 1 is 1.09 bits per heavy atom. The fourth-order valence-corrected chi connectivity index (χ4v) is 2.21. The number of hydrogen-bond acceptors (Lipinski definition) is 4. The molecule has 6 heteroatoms. The minimum absolute atomic E-state index is 0.0311. The highest BCUT2D eigenvalue weighted by atomic mass is 32.1. The molecule has 0 saturated heterocycles. The van der Waals surface area contributed by atoms with Gasteiger partial charge in [0, 0.05) is 11.1 Å². The van der Waals surface area contributed by atoms with Gasteiger partial charge in [0.05, 0.1) is 6.21 Å². The van der Waals surface area contributed by atoms with Gasteiger partial charge in [-0.15, -0.1) is 0 Å². The summed E-state index contributed by atoms with van der Waals surface area (Å²) < 4.78 is 0. The summed E-state index contributed by atoms with van der Waals surface area (Å²) in [5, 5.41) is 24.7. The number of rotatable bonds is 2. The van der Waals surface area contributed by atoms with Crippen molar-refractivity contribution in [3.05, 3.63) is 22.8 Å². The second-order valence-electron chi connectivity index (χ2n) is 7.32. The van der Waals surface area contributed by atoms with E-state index in [1.807, 2.05) is 47.6 Å². The van der Waals surface area contributed by atoms with E-state index in [2.05, 4.69) is 22.7 Å². The summed E-state index contributed by atoms with van der Waals surface area (Å²) in [5.74, 6) is -0.317. The Balaban J connectivity index is 3.59. The molecule has 22 heavy (non-hydrogen) atoms. The highest BCUT2D eigenvalue weighted by Gasteiger charge is 2.28. The van der Waals surface area contributed by atoms with E-state index >= 15 is 0 Å². The van der Waals surface area contributed by atoms with E-state index in [9.17, 15) is 10.2 Å². The molecule has 122 valence electrons. The third-order valence-corrected chi connectivity index (χ3v) is 3.39. The van der Waals surface area contributed by atoms with Crippen LogP contribution >= 0.6 is 12.2 Å². The summed E-state index contributed by atoms with van der Waals surface area (Å²) in [7, 11) is 0. The molecule has 0 aromatic heterocycles. The highest BCUT2D eigenvalue weighted by molar-refractivity contribution is 7.80. The number of nitrogens with zero attached hydrogens (tertiary/aromatic N) is 1. The van der Waals surface area contributed by atoms with Crippen LogP contribution in [0.1, 0.15) is 58.2 Å². The second-order valence-corrected chi connectivity index (χ2v) is 7.76. The number of thiocarbonyl (C=S) groups is 1. The van der Waals surface area contributed by atoms with Crippen LogP contribution in [0.2, 0.25) is 0 Å². The first kappa shape index (κ1) is 18.2. The summed E-state index contributed by atoms with van der Waals surface area (Å²) >= 11 is 4.69. The zero-order valence-corrected chi connectivity index (χ0v) is 14.8. The molecule has 0 heterocycles. The standard InChI is InChI=1S/C16H25N3O2S/c1-15(2,3)10-7-11(16(4,5)6)13(21)12(20)9(10)8-18-19-14(17)22/h7-8,20-21H,1-6H3,(H3,17,19,22). The smallest absolute Gasteiger partial charge is 0.184 e. The van der Waals surface area contributed by atoms with Crippen molar-refractivity contribution in [2.75, 3.05) is 0 Å². The molecule has 0 aliphatic carbocycles. The van der Waals surface area contributed by atoms with Crippen LogP contribution in [-0.4, -0.2) is 21.5 Å². The lowest BCUT2D eigenvalue weighted by Crippen LogP contribution is -2.24. The molecule has 0 aliphatic rings. The SMILES string of the molecule is CC(C)(C)c1cc(C(C)(C)C)c(C=NNC(N)=S)c(O)c1O.